The van der Waals surface area contributed by atoms with Crippen molar-refractivity contribution in [2.24, 2.45) is 0 Å². The average molecular weight is 450 g/mol. The second-order valence-corrected chi connectivity index (χ2v) is 8.10. The lowest BCUT2D eigenvalue weighted by molar-refractivity contribution is 0.601. The van der Waals surface area contributed by atoms with Gasteiger partial charge >= 0.3 is 0 Å². The van der Waals surface area contributed by atoms with Crippen LogP contribution in [0.5, 0.6) is 0 Å². The highest BCUT2D eigenvalue weighted by atomic mass is 79.9. The minimum Gasteiger partial charge on any atom is -0.279 e. The van der Waals surface area contributed by atoms with E-state index in [0.29, 0.717) is 9.50 Å². The average Bonchev–Trinajstić information content (AvgIpc) is 2.31. The van der Waals surface area contributed by atoms with E-state index in [4.69, 9.17) is 46.4 Å². The molecule has 21 heavy (non-hydrogen) atoms. The molecule has 0 aliphatic rings. The normalized spacial score (nSPS) is 11.5. The molecule has 0 fully saturated rings. The van der Waals surface area contributed by atoms with Crippen molar-refractivity contribution in [1.82, 2.24) is 0 Å². The minimum atomic E-state index is -3.96. The van der Waals surface area contributed by atoms with Crippen molar-refractivity contribution < 1.29 is 8.42 Å². The van der Waals surface area contributed by atoms with Crippen LogP contribution in [0.1, 0.15) is 0 Å². The summed E-state index contributed by atoms with van der Waals surface area (Å²) in [5, 5.41) is 0.549. The second-order valence-electron chi connectivity index (χ2n) is 3.93. The highest BCUT2D eigenvalue weighted by Gasteiger charge is 2.22. The van der Waals surface area contributed by atoms with E-state index >= 15 is 0 Å². The molecule has 0 amide bonds. The van der Waals surface area contributed by atoms with Crippen LogP contribution in [0.25, 0.3) is 0 Å². The first-order valence-electron chi connectivity index (χ1n) is 5.33. The van der Waals surface area contributed by atoms with Gasteiger partial charge in [0.25, 0.3) is 10.0 Å². The number of hydrogen-bond donors (Lipinski definition) is 1. The summed E-state index contributed by atoms with van der Waals surface area (Å²) >= 11 is 26.7. The number of halogens is 5. The van der Waals surface area contributed by atoms with Gasteiger partial charge in [0.15, 0.2) is 0 Å². The van der Waals surface area contributed by atoms with E-state index in [1.807, 2.05) is 0 Å². The van der Waals surface area contributed by atoms with Gasteiger partial charge in [-0.15, -0.1) is 0 Å². The number of anilines is 1. The largest absolute Gasteiger partial charge is 0.279 e. The summed E-state index contributed by atoms with van der Waals surface area (Å²) in [4.78, 5) is -0.208. The zero-order chi connectivity index (χ0) is 15.8. The van der Waals surface area contributed by atoms with Crippen molar-refractivity contribution >= 4 is 78.0 Å². The maximum atomic E-state index is 12.4. The van der Waals surface area contributed by atoms with Crippen LogP contribution in [-0.2, 0) is 10.0 Å². The monoisotopic (exact) mass is 447 g/mol. The van der Waals surface area contributed by atoms with Crippen molar-refractivity contribution in [3.8, 4) is 0 Å². The summed E-state index contributed by atoms with van der Waals surface area (Å²) in [6.07, 6.45) is 0. The summed E-state index contributed by atoms with van der Waals surface area (Å²) < 4.78 is 27.7. The van der Waals surface area contributed by atoms with E-state index in [1.54, 1.807) is 0 Å². The molecule has 0 heterocycles. The van der Waals surface area contributed by atoms with Crippen molar-refractivity contribution in [3.05, 3.63) is 54.9 Å². The van der Waals surface area contributed by atoms with Crippen LogP contribution in [0, 0.1) is 0 Å². The lowest BCUT2D eigenvalue weighted by atomic mass is 10.3. The lowest BCUT2D eigenvalue weighted by Gasteiger charge is -2.12. The molecular formula is C12H6BrCl4NO2S. The smallest absolute Gasteiger partial charge is 0.264 e. The molecule has 0 unspecified atom stereocenters. The summed E-state index contributed by atoms with van der Waals surface area (Å²) in [6, 6.07) is 7.23. The Bertz CT molecular complexity index is 788. The number of nitrogens with one attached hydrogen (secondary N) is 1. The standard InChI is InChI=1S/C12H6BrCl4NO2S/c13-6-3-10(16)12(11(17)4-6)21(19,20)18-7-1-2-8(14)9(15)5-7/h1-5,18H. The molecule has 0 aliphatic heterocycles. The van der Waals surface area contributed by atoms with Crippen LogP contribution in [0.2, 0.25) is 20.1 Å². The van der Waals surface area contributed by atoms with Gasteiger partial charge in [0.1, 0.15) is 4.90 Å². The third kappa shape index (κ3) is 3.97. The highest BCUT2D eigenvalue weighted by Crippen LogP contribution is 2.34. The summed E-state index contributed by atoms with van der Waals surface area (Å²) in [7, 11) is -3.96. The van der Waals surface area contributed by atoms with Crippen LogP contribution < -0.4 is 4.72 Å². The molecule has 1 N–H and O–H groups in total. The molecule has 0 saturated heterocycles. The maximum Gasteiger partial charge on any atom is 0.264 e. The van der Waals surface area contributed by atoms with E-state index in [2.05, 4.69) is 20.7 Å². The first-order chi connectivity index (χ1) is 9.70. The third-order valence-electron chi connectivity index (χ3n) is 2.40. The van der Waals surface area contributed by atoms with Gasteiger partial charge in [-0.2, -0.15) is 0 Å². The highest BCUT2D eigenvalue weighted by molar-refractivity contribution is 9.10. The number of rotatable bonds is 3. The van der Waals surface area contributed by atoms with E-state index < -0.39 is 10.0 Å². The minimum absolute atomic E-state index is 0.00179. The fraction of sp³-hybridized carbons (Fsp3) is 0. The molecule has 0 radical (unpaired) electrons. The first kappa shape index (κ1) is 17.2. The number of sulfonamides is 1. The molecule has 0 bridgehead atoms. The molecule has 0 saturated carbocycles. The Morgan fingerprint density at radius 1 is 0.857 bits per heavy atom. The van der Waals surface area contributed by atoms with Gasteiger partial charge < -0.3 is 0 Å². The Morgan fingerprint density at radius 2 is 1.43 bits per heavy atom. The van der Waals surface area contributed by atoms with Crippen molar-refractivity contribution in [2.45, 2.75) is 4.90 Å². The van der Waals surface area contributed by atoms with Gasteiger partial charge in [0.05, 0.1) is 25.8 Å². The maximum absolute atomic E-state index is 12.4. The predicted octanol–water partition coefficient (Wildman–Crippen LogP) is 5.86. The fourth-order valence-corrected chi connectivity index (χ4v) is 4.84. The Kier molecular flexibility index (Phi) is 5.34. The van der Waals surface area contributed by atoms with Crippen LogP contribution in [-0.4, -0.2) is 8.42 Å². The Morgan fingerprint density at radius 3 is 1.95 bits per heavy atom. The van der Waals surface area contributed by atoms with E-state index in [9.17, 15) is 8.42 Å². The van der Waals surface area contributed by atoms with Crippen LogP contribution >= 0.6 is 62.3 Å². The molecule has 0 atom stereocenters. The Balaban J connectivity index is 2.46. The van der Waals surface area contributed by atoms with E-state index in [-0.39, 0.29) is 25.7 Å². The van der Waals surface area contributed by atoms with Gasteiger partial charge in [0, 0.05) is 4.47 Å². The Hall–Kier alpha value is -0.170. The molecule has 112 valence electrons. The zero-order valence-electron chi connectivity index (χ0n) is 10.0. The quantitative estimate of drug-likeness (QED) is 0.637. The molecular weight excluding hydrogens is 444 g/mol. The van der Waals surface area contributed by atoms with Crippen LogP contribution in [0.15, 0.2) is 39.7 Å². The van der Waals surface area contributed by atoms with Gasteiger partial charge in [-0.1, -0.05) is 62.3 Å². The lowest BCUT2D eigenvalue weighted by Crippen LogP contribution is -2.14. The second kappa shape index (κ2) is 6.52. The molecule has 0 aromatic heterocycles. The van der Waals surface area contributed by atoms with Gasteiger partial charge in [-0.25, -0.2) is 8.42 Å². The summed E-state index contributed by atoms with van der Waals surface area (Å²) in [5.41, 5.74) is 0.249. The zero-order valence-corrected chi connectivity index (χ0v) is 15.4. The summed E-state index contributed by atoms with van der Waals surface area (Å²) in [6.45, 7) is 0. The van der Waals surface area contributed by atoms with E-state index in [1.165, 1.54) is 30.3 Å². The van der Waals surface area contributed by atoms with Gasteiger partial charge in [-0.05, 0) is 30.3 Å². The molecule has 0 aliphatic carbocycles. The molecule has 0 spiro atoms. The van der Waals surface area contributed by atoms with Crippen LogP contribution in [0.3, 0.4) is 0 Å². The van der Waals surface area contributed by atoms with Crippen LogP contribution in [0.4, 0.5) is 5.69 Å². The van der Waals surface area contributed by atoms with E-state index in [0.717, 1.165) is 0 Å². The van der Waals surface area contributed by atoms with Gasteiger partial charge in [0.2, 0.25) is 0 Å². The number of benzene rings is 2. The number of hydrogen-bond acceptors (Lipinski definition) is 2. The Labute approximate surface area is 150 Å². The SMILES string of the molecule is O=S(=O)(Nc1ccc(Cl)c(Cl)c1)c1c(Cl)cc(Br)cc1Cl. The molecule has 2 aromatic carbocycles. The van der Waals surface area contributed by atoms with Crippen molar-refractivity contribution in [2.75, 3.05) is 4.72 Å². The third-order valence-corrected chi connectivity index (χ3v) is 5.90. The molecule has 9 heteroatoms. The first-order valence-corrected chi connectivity index (χ1v) is 9.12. The molecule has 3 nitrogen and oxygen atoms in total. The molecule has 2 rings (SSSR count). The van der Waals surface area contributed by atoms with Crippen molar-refractivity contribution in [3.63, 3.8) is 0 Å². The topological polar surface area (TPSA) is 46.2 Å². The predicted molar refractivity (Wildman–Crippen MR) is 91.4 cm³/mol. The van der Waals surface area contributed by atoms with Gasteiger partial charge in [-0.3, -0.25) is 4.72 Å². The molecule has 2 aromatic rings. The summed E-state index contributed by atoms with van der Waals surface area (Å²) in [5.74, 6) is 0. The fourth-order valence-electron chi connectivity index (χ4n) is 1.55. The van der Waals surface area contributed by atoms with Crippen molar-refractivity contribution in [1.29, 1.82) is 0 Å².